The van der Waals surface area contributed by atoms with Crippen LogP contribution in [0.15, 0.2) is 0 Å². The van der Waals surface area contributed by atoms with E-state index < -0.39 is 0 Å². The van der Waals surface area contributed by atoms with E-state index in [1.807, 2.05) is 0 Å². The van der Waals surface area contributed by atoms with Gasteiger partial charge in [0.05, 0.1) is 0 Å². The molecular formula is C9H19NO. The summed E-state index contributed by atoms with van der Waals surface area (Å²) in [5.41, 5.74) is 5.77. The normalized spacial score (nSPS) is 35.2. The van der Waals surface area contributed by atoms with Crippen molar-refractivity contribution in [3.8, 4) is 0 Å². The van der Waals surface area contributed by atoms with Crippen LogP contribution in [0.1, 0.15) is 32.6 Å². The van der Waals surface area contributed by atoms with E-state index >= 15 is 0 Å². The molecule has 1 saturated carbocycles. The number of ether oxygens (including phenoxy) is 1. The van der Waals surface area contributed by atoms with Crippen molar-refractivity contribution in [1.82, 2.24) is 0 Å². The monoisotopic (exact) mass is 157 g/mol. The Morgan fingerprint density at radius 1 is 1.27 bits per heavy atom. The zero-order valence-electron chi connectivity index (χ0n) is 7.55. The molecule has 0 bridgehead atoms. The predicted molar refractivity (Wildman–Crippen MR) is 46.1 cm³/mol. The van der Waals surface area contributed by atoms with Gasteiger partial charge in [-0.3, -0.25) is 0 Å². The molecule has 0 saturated heterocycles. The highest BCUT2D eigenvalue weighted by atomic mass is 16.5. The molecule has 1 atom stereocenters. The van der Waals surface area contributed by atoms with Gasteiger partial charge >= 0.3 is 0 Å². The summed E-state index contributed by atoms with van der Waals surface area (Å²) in [6, 6.07) is 0. The van der Waals surface area contributed by atoms with Gasteiger partial charge in [-0.1, -0.05) is 19.8 Å². The lowest BCUT2D eigenvalue weighted by Gasteiger charge is -2.29. The molecule has 0 aliphatic heterocycles. The zero-order valence-corrected chi connectivity index (χ0v) is 7.55. The van der Waals surface area contributed by atoms with Crippen molar-refractivity contribution in [1.29, 1.82) is 0 Å². The standard InChI is InChI=1S/C9H19NO/c1-7-3-5-8(6-4-7)9(10)11-2/h7-9H,3-6,10H2,1-2H3. The first-order valence-electron chi connectivity index (χ1n) is 4.52. The minimum Gasteiger partial charge on any atom is -0.367 e. The molecule has 1 aliphatic rings. The van der Waals surface area contributed by atoms with E-state index in [1.165, 1.54) is 25.7 Å². The van der Waals surface area contributed by atoms with Crippen LogP contribution in [-0.2, 0) is 4.74 Å². The number of hydrogen-bond acceptors (Lipinski definition) is 2. The lowest BCUT2D eigenvalue weighted by molar-refractivity contribution is 0.0356. The molecule has 1 unspecified atom stereocenters. The Balaban J connectivity index is 2.27. The average Bonchev–Trinajstić information content (AvgIpc) is 2.05. The van der Waals surface area contributed by atoms with Gasteiger partial charge in [-0.2, -0.15) is 0 Å². The van der Waals surface area contributed by atoms with Crippen molar-refractivity contribution in [2.24, 2.45) is 17.6 Å². The number of rotatable bonds is 2. The van der Waals surface area contributed by atoms with E-state index in [4.69, 9.17) is 10.5 Å². The van der Waals surface area contributed by atoms with Crippen molar-refractivity contribution >= 4 is 0 Å². The van der Waals surface area contributed by atoms with Crippen molar-refractivity contribution < 1.29 is 4.74 Å². The fourth-order valence-corrected chi connectivity index (χ4v) is 1.81. The Kier molecular flexibility index (Phi) is 3.34. The van der Waals surface area contributed by atoms with Crippen LogP contribution in [0.3, 0.4) is 0 Å². The van der Waals surface area contributed by atoms with E-state index in [2.05, 4.69) is 6.92 Å². The van der Waals surface area contributed by atoms with Crippen molar-refractivity contribution in [3.63, 3.8) is 0 Å². The van der Waals surface area contributed by atoms with Crippen LogP contribution in [-0.4, -0.2) is 13.3 Å². The van der Waals surface area contributed by atoms with Crippen LogP contribution < -0.4 is 5.73 Å². The van der Waals surface area contributed by atoms with Gasteiger partial charge in [-0.05, 0) is 24.7 Å². The molecule has 0 heterocycles. The Morgan fingerprint density at radius 3 is 2.27 bits per heavy atom. The first-order chi connectivity index (χ1) is 5.24. The number of nitrogens with two attached hydrogens (primary N) is 1. The molecule has 11 heavy (non-hydrogen) atoms. The molecule has 2 N–H and O–H groups in total. The summed E-state index contributed by atoms with van der Waals surface area (Å²) in [5, 5.41) is 0. The summed E-state index contributed by atoms with van der Waals surface area (Å²) in [6.07, 6.45) is 5.11. The van der Waals surface area contributed by atoms with Crippen LogP contribution in [0.25, 0.3) is 0 Å². The van der Waals surface area contributed by atoms with Gasteiger partial charge < -0.3 is 10.5 Å². The van der Waals surface area contributed by atoms with Gasteiger partial charge in [0, 0.05) is 7.11 Å². The molecular weight excluding hydrogens is 138 g/mol. The third-order valence-electron chi connectivity index (χ3n) is 2.80. The second-order valence-corrected chi connectivity index (χ2v) is 3.72. The summed E-state index contributed by atoms with van der Waals surface area (Å²) in [6.45, 7) is 2.31. The van der Waals surface area contributed by atoms with Crippen LogP contribution in [0.5, 0.6) is 0 Å². The Labute approximate surface area is 69.1 Å². The van der Waals surface area contributed by atoms with Gasteiger partial charge in [-0.25, -0.2) is 0 Å². The summed E-state index contributed by atoms with van der Waals surface area (Å²) in [4.78, 5) is 0. The van der Waals surface area contributed by atoms with Gasteiger partial charge in [0.25, 0.3) is 0 Å². The molecule has 2 nitrogen and oxygen atoms in total. The molecule has 0 radical (unpaired) electrons. The van der Waals surface area contributed by atoms with E-state index in [0.29, 0.717) is 5.92 Å². The summed E-state index contributed by atoms with van der Waals surface area (Å²) < 4.78 is 5.10. The lowest BCUT2D eigenvalue weighted by atomic mass is 9.82. The average molecular weight is 157 g/mol. The van der Waals surface area contributed by atoms with Crippen molar-refractivity contribution in [2.75, 3.05) is 7.11 Å². The molecule has 0 aromatic rings. The highest BCUT2D eigenvalue weighted by Gasteiger charge is 2.22. The van der Waals surface area contributed by atoms with Gasteiger partial charge in [0.2, 0.25) is 0 Å². The summed E-state index contributed by atoms with van der Waals surface area (Å²) in [5.74, 6) is 1.51. The Bertz CT molecular complexity index is 108. The van der Waals surface area contributed by atoms with Crippen molar-refractivity contribution in [3.05, 3.63) is 0 Å². The summed E-state index contributed by atoms with van der Waals surface area (Å²) >= 11 is 0. The zero-order chi connectivity index (χ0) is 8.27. The molecule has 0 amide bonds. The van der Waals surface area contributed by atoms with Gasteiger partial charge in [0.15, 0.2) is 0 Å². The lowest BCUT2D eigenvalue weighted by Crippen LogP contribution is -2.34. The third-order valence-corrected chi connectivity index (χ3v) is 2.80. The fraction of sp³-hybridized carbons (Fsp3) is 1.00. The maximum Gasteiger partial charge on any atom is 0.108 e. The van der Waals surface area contributed by atoms with Crippen LogP contribution in [0, 0.1) is 11.8 Å². The van der Waals surface area contributed by atoms with E-state index in [9.17, 15) is 0 Å². The SMILES string of the molecule is COC(N)C1CCC(C)CC1. The molecule has 1 rings (SSSR count). The second kappa shape index (κ2) is 4.07. The van der Waals surface area contributed by atoms with Crippen molar-refractivity contribution in [2.45, 2.75) is 38.8 Å². The van der Waals surface area contributed by atoms with Crippen LogP contribution >= 0.6 is 0 Å². The third kappa shape index (κ3) is 2.46. The Morgan fingerprint density at radius 2 is 1.82 bits per heavy atom. The largest absolute Gasteiger partial charge is 0.367 e. The summed E-state index contributed by atoms with van der Waals surface area (Å²) in [7, 11) is 1.70. The molecule has 1 aliphatic carbocycles. The molecule has 0 aromatic carbocycles. The van der Waals surface area contributed by atoms with E-state index in [-0.39, 0.29) is 6.23 Å². The minimum atomic E-state index is -0.0255. The molecule has 66 valence electrons. The predicted octanol–water partition coefficient (Wildman–Crippen LogP) is 1.74. The van der Waals surface area contributed by atoms with E-state index in [1.54, 1.807) is 7.11 Å². The Hall–Kier alpha value is -0.0800. The number of methoxy groups -OCH3 is 1. The molecule has 0 aromatic heterocycles. The molecule has 1 fully saturated rings. The minimum absolute atomic E-state index is 0.0255. The maximum absolute atomic E-state index is 5.77. The van der Waals surface area contributed by atoms with Gasteiger partial charge in [-0.15, -0.1) is 0 Å². The van der Waals surface area contributed by atoms with Gasteiger partial charge in [0.1, 0.15) is 6.23 Å². The second-order valence-electron chi connectivity index (χ2n) is 3.72. The van der Waals surface area contributed by atoms with Crippen LogP contribution in [0.4, 0.5) is 0 Å². The molecule has 0 spiro atoms. The smallest absolute Gasteiger partial charge is 0.108 e. The maximum atomic E-state index is 5.77. The highest BCUT2D eigenvalue weighted by Crippen LogP contribution is 2.29. The van der Waals surface area contributed by atoms with Crippen LogP contribution in [0.2, 0.25) is 0 Å². The quantitative estimate of drug-likeness (QED) is 0.620. The molecule has 2 heteroatoms. The number of hydrogen-bond donors (Lipinski definition) is 1. The first-order valence-corrected chi connectivity index (χ1v) is 4.52. The highest BCUT2D eigenvalue weighted by molar-refractivity contribution is 4.73. The fourth-order valence-electron chi connectivity index (χ4n) is 1.81. The first kappa shape index (κ1) is 9.01. The van der Waals surface area contributed by atoms with E-state index in [0.717, 1.165) is 5.92 Å². The topological polar surface area (TPSA) is 35.2 Å².